The number of nitriles is 1. The number of aromatic nitrogens is 3. The first-order valence-electron chi connectivity index (χ1n) is 12.1. The van der Waals surface area contributed by atoms with Gasteiger partial charge in [0.05, 0.1) is 31.3 Å². The zero-order chi connectivity index (χ0) is 27.2. The summed E-state index contributed by atoms with van der Waals surface area (Å²) in [6.45, 7) is 9.71. The fourth-order valence-electron chi connectivity index (χ4n) is 4.06. The SMILES string of the molecule is COC(=O)c1c(-c2ccncc2)c(-c2cccc(C#N)c2)nn1C[C@H](CC(C)C)NC(=O)OC(C)(C)C. The first kappa shape index (κ1) is 27.4. The number of alkyl carbamates (subject to hydrolysis) is 1. The van der Waals surface area contributed by atoms with Gasteiger partial charge < -0.3 is 14.8 Å². The minimum absolute atomic E-state index is 0.206. The molecule has 0 radical (unpaired) electrons. The zero-order valence-corrected chi connectivity index (χ0v) is 22.1. The summed E-state index contributed by atoms with van der Waals surface area (Å²) in [5.74, 6) is -0.314. The number of carbonyl (C=O) groups is 2. The summed E-state index contributed by atoms with van der Waals surface area (Å²) in [4.78, 5) is 29.9. The van der Waals surface area contributed by atoms with Crippen LogP contribution < -0.4 is 5.32 Å². The van der Waals surface area contributed by atoms with Gasteiger partial charge in [-0.15, -0.1) is 0 Å². The normalized spacial score (nSPS) is 12.1. The van der Waals surface area contributed by atoms with Crippen molar-refractivity contribution in [1.29, 1.82) is 5.26 Å². The number of benzene rings is 1. The second-order valence-corrected chi connectivity index (χ2v) is 10.1. The molecule has 0 bridgehead atoms. The molecular weight excluding hydrogens is 470 g/mol. The third kappa shape index (κ3) is 7.17. The monoisotopic (exact) mass is 503 g/mol. The molecule has 0 spiro atoms. The number of carbonyl (C=O) groups excluding carboxylic acids is 2. The van der Waals surface area contributed by atoms with Crippen LogP contribution in [0.4, 0.5) is 4.79 Å². The summed E-state index contributed by atoms with van der Waals surface area (Å²) >= 11 is 0. The first-order chi connectivity index (χ1) is 17.5. The van der Waals surface area contributed by atoms with Crippen LogP contribution in [-0.2, 0) is 16.0 Å². The number of ether oxygens (including phenoxy) is 2. The molecule has 1 atom stereocenters. The Morgan fingerprint density at radius 2 is 1.84 bits per heavy atom. The van der Waals surface area contributed by atoms with E-state index in [1.807, 2.05) is 6.07 Å². The van der Waals surface area contributed by atoms with Gasteiger partial charge in [-0.2, -0.15) is 10.4 Å². The highest BCUT2D eigenvalue weighted by atomic mass is 16.6. The standard InChI is InChI=1S/C28H33N5O4/c1-18(2)14-22(31-27(35)37-28(3,4)5)17-33-25(26(34)36-6)23(20-10-12-30-13-11-20)24(32-33)21-9-7-8-19(15-21)16-29/h7-13,15,18,22H,14,17H2,1-6H3,(H,31,35)/t22-/m0/s1. The van der Waals surface area contributed by atoms with E-state index in [9.17, 15) is 14.9 Å². The maximum absolute atomic E-state index is 13.1. The van der Waals surface area contributed by atoms with Crippen molar-refractivity contribution in [2.24, 2.45) is 5.92 Å². The molecule has 0 saturated carbocycles. The summed E-state index contributed by atoms with van der Waals surface area (Å²) in [5.41, 5.74) is 2.54. The van der Waals surface area contributed by atoms with Gasteiger partial charge in [-0.05, 0) is 62.9 Å². The van der Waals surface area contributed by atoms with Crippen molar-refractivity contribution >= 4 is 12.1 Å². The lowest BCUT2D eigenvalue weighted by Gasteiger charge is -2.25. The van der Waals surface area contributed by atoms with E-state index < -0.39 is 17.7 Å². The van der Waals surface area contributed by atoms with Gasteiger partial charge in [-0.1, -0.05) is 26.0 Å². The molecule has 0 fully saturated rings. The van der Waals surface area contributed by atoms with Crippen molar-refractivity contribution in [3.05, 3.63) is 60.0 Å². The molecular formula is C28H33N5O4. The molecule has 0 aliphatic heterocycles. The van der Waals surface area contributed by atoms with Crippen LogP contribution in [-0.4, -0.2) is 45.6 Å². The number of amides is 1. The number of methoxy groups -OCH3 is 1. The van der Waals surface area contributed by atoms with E-state index in [0.717, 1.165) is 5.56 Å². The van der Waals surface area contributed by atoms with Crippen molar-refractivity contribution in [1.82, 2.24) is 20.1 Å². The van der Waals surface area contributed by atoms with Crippen LogP contribution in [0.1, 0.15) is 57.1 Å². The molecule has 0 unspecified atom stereocenters. The summed E-state index contributed by atoms with van der Waals surface area (Å²) in [6, 6.07) is 12.4. The number of nitrogens with zero attached hydrogens (tertiary/aromatic N) is 4. The minimum Gasteiger partial charge on any atom is -0.464 e. The topological polar surface area (TPSA) is 119 Å². The van der Waals surface area contributed by atoms with Crippen LogP contribution in [0.2, 0.25) is 0 Å². The molecule has 1 N–H and O–H groups in total. The van der Waals surface area contributed by atoms with Crippen LogP contribution in [0.25, 0.3) is 22.4 Å². The average molecular weight is 504 g/mol. The quantitative estimate of drug-likeness (QED) is 0.419. The Labute approximate surface area is 217 Å². The molecule has 3 rings (SSSR count). The van der Waals surface area contributed by atoms with Gasteiger partial charge in [0.25, 0.3) is 0 Å². The Morgan fingerprint density at radius 3 is 2.43 bits per heavy atom. The molecule has 1 amide bonds. The van der Waals surface area contributed by atoms with Crippen LogP contribution in [0, 0.1) is 17.2 Å². The molecule has 194 valence electrons. The first-order valence-corrected chi connectivity index (χ1v) is 12.1. The Bertz CT molecular complexity index is 1290. The molecule has 1 aromatic carbocycles. The van der Waals surface area contributed by atoms with E-state index in [4.69, 9.17) is 14.6 Å². The van der Waals surface area contributed by atoms with Crippen molar-refractivity contribution in [2.75, 3.05) is 7.11 Å². The molecule has 9 nitrogen and oxygen atoms in total. The van der Waals surface area contributed by atoms with E-state index in [2.05, 4.69) is 30.2 Å². The highest BCUT2D eigenvalue weighted by Gasteiger charge is 2.29. The third-order valence-corrected chi connectivity index (χ3v) is 5.44. The Morgan fingerprint density at radius 1 is 1.14 bits per heavy atom. The van der Waals surface area contributed by atoms with Gasteiger partial charge in [0.1, 0.15) is 11.3 Å². The van der Waals surface area contributed by atoms with Gasteiger partial charge >= 0.3 is 12.1 Å². The maximum atomic E-state index is 13.1. The van der Waals surface area contributed by atoms with Crippen molar-refractivity contribution < 1.29 is 19.1 Å². The van der Waals surface area contributed by atoms with Gasteiger partial charge in [0.2, 0.25) is 0 Å². The predicted octanol–water partition coefficient (Wildman–Crippen LogP) is 5.21. The molecule has 0 saturated heterocycles. The fourth-order valence-corrected chi connectivity index (χ4v) is 4.06. The molecule has 0 aliphatic carbocycles. The van der Waals surface area contributed by atoms with E-state index in [0.29, 0.717) is 28.8 Å². The van der Waals surface area contributed by atoms with Crippen LogP contribution in [0.3, 0.4) is 0 Å². The molecule has 37 heavy (non-hydrogen) atoms. The van der Waals surface area contributed by atoms with E-state index in [1.165, 1.54) is 7.11 Å². The number of nitrogens with one attached hydrogen (secondary N) is 1. The number of rotatable bonds is 8. The van der Waals surface area contributed by atoms with E-state index >= 15 is 0 Å². The number of esters is 1. The van der Waals surface area contributed by atoms with Crippen molar-refractivity contribution in [3.8, 4) is 28.5 Å². The minimum atomic E-state index is -0.650. The van der Waals surface area contributed by atoms with E-state index in [1.54, 1.807) is 68.2 Å². The van der Waals surface area contributed by atoms with Crippen LogP contribution >= 0.6 is 0 Å². The summed E-state index contributed by atoms with van der Waals surface area (Å²) in [5, 5.41) is 17.2. The lowest BCUT2D eigenvalue weighted by atomic mass is 9.98. The van der Waals surface area contributed by atoms with Crippen LogP contribution in [0.15, 0.2) is 48.8 Å². The zero-order valence-electron chi connectivity index (χ0n) is 22.1. The number of hydrogen-bond donors (Lipinski definition) is 1. The lowest BCUT2D eigenvalue weighted by molar-refractivity contribution is 0.0492. The summed E-state index contributed by atoms with van der Waals surface area (Å²) < 4.78 is 12.2. The second-order valence-electron chi connectivity index (χ2n) is 10.1. The fraction of sp³-hybridized carbons (Fsp3) is 0.393. The highest BCUT2D eigenvalue weighted by Crippen LogP contribution is 2.35. The molecule has 2 heterocycles. The smallest absolute Gasteiger partial charge is 0.407 e. The number of hydrogen-bond acceptors (Lipinski definition) is 7. The molecule has 9 heteroatoms. The second kappa shape index (κ2) is 11.7. The maximum Gasteiger partial charge on any atom is 0.407 e. The molecule has 3 aromatic rings. The summed E-state index contributed by atoms with van der Waals surface area (Å²) in [6.07, 6.45) is 3.36. The molecule has 2 aromatic heterocycles. The van der Waals surface area contributed by atoms with Gasteiger partial charge in [0, 0.05) is 23.5 Å². The van der Waals surface area contributed by atoms with E-state index in [-0.39, 0.29) is 24.2 Å². The van der Waals surface area contributed by atoms with Crippen LogP contribution in [0.5, 0.6) is 0 Å². The highest BCUT2D eigenvalue weighted by molar-refractivity contribution is 6.00. The Hall–Kier alpha value is -4.19. The largest absolute Gasteiger partial charge is 0.464 e. The van der Waals surface area contributed by atoms with Gasteiger partial charge in [0.15, 0.2) is 5.69 Å². The Balaban J connectivity index is 2.17. The third-order valence-electron chi connectivity index (χ3n) is 5.44. The average Bonchev–Trinajstić information content (AvgIpc) is 3.21. The lowest BCUT2D eigenvalue weighted by Crippen LogP contribution is -2.42. The molecule has 0 aliphatic rings. The van der Waals surface area contributed by atoms with Gasteiger partial charge in [-0.3, -0.25) is 9.67 Å². The Kier molecular flexibility index (Phi) is 8.66. The summed E-state index contributed by atoms with van der Waals surface area (Å²) in [7, 11) is 1.32. The number of pyridine rings is 1. The van der Waals surface area contributed by atoms with Gasteiger partial charge in [-0.25, -0.2) is 9.59 Å². The predicted molar refractivity (Wildman–Crippen MR) is 140 cm³/mol. The van der Waals surface area contributed by atoms with Crippen molar-refractivity contribution in [2.45, 2.75) is 59.2 Å². The van der Waals surface area contributed by atoms with Crippen molar-refractivity contribution in [3.63, 3.8) is 0 Å².